The monoisotopic (exact) mass is 402 g/mol. The van der Waals surface area contributed by atoms with Crippen molar-refractivity contribution in [2.24, 2.45) is 0 Å². The molecule has 0 unspecified atom stereocenters. The first-order chi connectivity index (χ1) is 12.8. The van der Waals surface area contributed by atoms with E-state index in [9.17, 15) is 23.8 Å². The first-order valence-electron chi connectivity index (χ1n) is 8.08. The fourth-order valence-corrected chi connectivity index (χ4v) is 3.08. The number of amides is 1. The molecule has 0 radical (unpaired) electrons. The lowest BCUT2D eigenvalue weighted by atomic mass is 9.95. The van der Waals surface area contributed by atoms with E-state index >= 15 is 0 Å². The summed E-state index contributed by atoms with van der Waals surface area (Å²) in [5.41, 5.74) is 0.268. The van der Waals surface area contributed by atoms with Gasteiger partial charge in [-0.25, -0.2) is 13.5 Å². The van der Waals surface area contributed by atoms with Crippen molar-refractivity contribution in [1.82, 2.24) is 20.3 Å². The number of nitrogens with one attached hydrogen (secondary N) is 1. The number of rotatable bonds is 4. The molecule has 3 N–H and O–H groups in total. The molecule has 1 aliphatic rings. The van der Waals surface area contributed by atoms with Gasteiger partial charge in [-0.1, -0.05) is 16.8 Å². The van der Waals surface area contributed by atoms with E-state index in [0.29, 0.717) is 0 Å². The van der Waals surface area contributed by atoms with Gasteiger partial charge < -0.3 is 20.3 Å². The average Bonchev–Trinajstić information content (AvgIpc) is 3.15. The molecular formula is C16H17ClF2N4O4. The maximum absolute atomic E-state index is 13.7. The smallest absolute Gasteiger partial charge is 0.248 e. The van der Waals surface area contributed by atoms with Gasteiger partial charge in [0.15, 0.2) is 0 Å². The van der Waals surface area contributed by atoms with Crippen molar-refractivity contribution < 1.29 is 28.5 Å². The molecule has 1 aliphatic heterocycles. The van der Waals surface area contributed by atoms with Crippen LogP contribution >= 0.6 is 11.6 Å². The zero-order chi connectivity index (χ0) is 19.7. The number of hydrogen-bond acceptors (Lipinski definition) is 6. The van der Waals surface area contributed by atoms with Crippen LogP contribution in [0.5, 0.6) is 0 Å². The highest BCUT2D eigenvalue weighted by molar-refractivity contribution is 6.30. The zero-order valence-corrected chi connectivity index (χ0v) is 14.9. The molecule has 11 heteroatoms. The van der Waals surface area contributed by atoms with Crippen LogP contribution in [0.15, 0.2) is 18.3 Å². The molecule has 2 heterocycles. The summed E-state index contributed by atoms with van der Waals surface area (Å²) in [6.07, 6.45) is -1.60. The Balaban J connectivity index is 1.91. The SMILES string of the molecule is CNC(=O)[C@H]1C[C@@H](n2cc(-c3cc(F)c(Cl)c(F)c3)nn2)[C@@H](O)[C@@H](CO)O1. The number of aliphatic hydroxyl groups is 2. The number of aromatic nitrogens is 3. The van der Waals surface area contributed by atoms with Crippen LogP contribution in [-0.2, 0) is 9.53 Å². The number of carbonyl (C=O) groups is 1. The summed E-state index contributed by atoms with van der Waals surface area (Å²) < 4.78 is 34.0. The molecule has 0 aliphatic carbocycles. The van der Waals surface area contributed by atoms with Crippen LogP contribution in [0.2, 0.25) is 5.02 Å². The molecule has 1 aromatic carbocycles. The van der Waals surface area contributed by atoms with Crippen LogP contribution in [0.3, 0.4) is 0 Å². The summed E-state index contributed by atoms with van der Waals surface area (Å²) in [5, 5.41) is 29.4. The maximum Gasteiger partial charge on any atom is 0.248 e. The molecule has 8 nitrogen and oxygen atoms in total. The van der Waals surface area contributed by atoms with Crippen molar-refractivity contribution in [3.63, 3.8) is 0 Å². The van der Waals surface area contributed by atoms with E-state index in [-0.39, 0.29) is 17.7 Å². The van der Waals surface area contributed by atoms with Crippen LogP contribution in [0.25, 0.3) is 11.3 Å². The van der Waals surface area contributed by atoms with Crippen LogP contribution < -0.4 is 5.32 Å². The quantitative estimate of drug-likeness (QED) is 0.649. The van der Waals surface area contributed by atoms with Gasteiger partial charge in [-0.15, -0.1) is 5.10 Å². The molecule has 0 saturated carbocycles. The van der Waals surface area contributed by atoms with Crippen LogP contribution in [0.4, 0.5) is 8.78 Å². The Bertz CT molecular complexity index is 827. The highest BCUT2D eigenvalue weighted by Gasteiger charge is 2.41. The lowest BCUT2D eigenvalue weighted by Crippen LogP contribution is -2.51. The normalized spacial score (nSPS) is 25.4. The Morgan fingerprint density at radius 3 is 2.70 bits per heavy atom. The fraction of sp³-hybridized carbons (Fsp3) is 0.438. The average molecular weight is 403 g/mol. The number of ether oxygens (including phenoxy) is 1. The minimum absolute atomic E-state index is 0.0729. The molecule has 0 bridgehead atoms. The fourth-order valence-electron chi connectivity index (χ4n) is 2.97. The van der Waals surface area contributed by atoms with E-state index in [1.165, 1.54) is 17.9 Å². The number of likely N-dealkylation sites (N-methyl/N-ethyl adjacent to an activating group) is 1. The third-order valence-corrected chi connectivity index (χ3v) is 4.78. The zero-order valence-electron chi connectivity index (χ0n) is 14.1. The molecule has 2 aromatic rings. The van der Waals surface area contributed by atoms with E-state index in [1.54, 1.807) is 0 Å². The molecule has 1 saturated heterocycles. The van der Waals surface area contributed by atoms with Gasteiger partial charge in [0.05, 0.1) is 18.8 Å². The van der Waals surface area contributed by atoms with E-state index in [0.717, 1.165) is 12.1 Å². The van der Waals surface area contributed by atoms with Crippen molar-refractivity contribution in [3.8, 4) is 11.3 Å². The molecule has 1 amide bonds. The minimum Gasteiger partial charge on any atom is -0.394 e. The minimum atomic E-state index is -1.16. The van der Waals surface area contributed by atoms with Crippen molar-refractivity contribution in [2.45, 2.75) is 30.8 Å². The summed E-state index contributed by atoms with van der Waals surface area (Å²) in [4.78, 5) is 11.9. The van der Waals surface area contributed by atoms with E-state index in [1.807, 2.05) is 0 Å². The van der Waals surface area contributed by atoms with Gasteiger partial charge in [-0.05, 0) is 12.1 Å². The Labute approximate surface area is 157 Å². The molecule has 4 atom stereocenters. The summed E-state index contributed by atoms with van der Waals surface area (Å²) in [6, 6.07) is 1.30. The third kappa shape index (κ3) is 3.79. The first kappa shape index (κ1) is 19.6. The second-order valence-electron chi connectivity index (χ2n) is 6.09. The van der Waals surface area contributed by atoms with Gasteiger partial charge in [0.2, 0.25) is 5.91 Å². The Morgan fingerprint density at radius 2 is 2.11 bits per heavy atom. The summed E-state index contributed by atoms with van der Waals surface area (Å²) in [6.45, 7) is -0.500. The third-order valence-electron chi connectivity index (χ3n) is 4.42. The largest absolute Gasteiger partial charge is 0.394 e. The summed E-state index contributed by atoms with van der Waals surface area (Å²) in [7, 11) is 1.44. The molecular weight excluding hydrogens is 386 g/mol. The Kier molecular flexibility index (Phi) is 5.70. The first-order valence-corrected chi connectivity index (χ1v) is 8.46. The van der Waals surface area contributed by atoms with E-state index in [4.69, 9.17) is 16.3 Å². The molecule has 3 rings (SSSR count). The van der Waals surface area contributed by atoms with Crippen molar-refractivity contribution in [3.05, 3.63) is 35.0 Å². The number of benzene rings is 1. The predicted molar refractivity (Wildman–Crippen MR) is 89.9 cm³/mol. The van der Waals surface area contributed by atoms with Crippen LogP contribution in [-0.4, -0.2) is 63.1 Å². The van der Waals surface area contributed by atoms with Gasteiger partial charge >= 0.3 is 0 Å². The van der Waals surface area contributed by atoms with Crippen LogP contribution in [0, 0.1) is 11.6 Å². The van der Waals surface area contributed by atoms with Crippen molar-refractivity contribution in [1.29, 1.82) is 0 Å². The predicted octanol–water partition coefficient (Wildman–Crippen LogP) is 0.674. The lowest BCUT2D eigenvalue weighted by molar-refractivity contribution is -0.170. The van der Waals surface area contributed by atoms with Crippen LogP contribution in [0.1, 0.15) is 12.5 Å². The van der Waals surface area contributed by atoms with E-state index < -0.39 is 53.5 Å². The highest BCUT2D eigenvalue weighted by Crippen LogP contribution is 2.31. The van der Waals surface area contributed by atoms with Gasteiger partial charge in [0, 0.05) is 19.0 Å². The second-order valence-corrected chi connectivity index (χ2v) is 6.47. The molecule has 146 valence electrons. The number of carbonyl (C=O) groups excluding carboxylic acids is 1. The number of halogens is 3. The Morgan fingerprint density at radius 1 is 1.44 bits per heavy atom. The van der Waals surface area contributed by atoms with Crippen molar-refractivity contribution in [2.75, 3.05) is 13.7 Å². The summed E-state index contributed by atoms with van der Waals surface area (Å²) in [5.74, 6) is -2.28. The van der Waals surface area contributed by atoms with E-state index in [2.05, 4.69) is 15.6 Å². The van der Waals surface area contributed by atoms with Gasteiger partial charge in [0.1, 0.15) is 40.7 Å². The Hall–Kier alpha value is -2.14. The number of aliphatic hydroxyl groups excluding tert-OH is 2. The molecule has 0 spiro atoms. The number of hydrogen-bond donors (Lipinski definition) is 3. The molecule has 1 fully saturated rings. The van der Waals surface area contributed by atoms with Crippen molar-refractivity contribution >= 4 is 17.5 Å². The lowest BCUT2D eigenvalue weighted by Gasteiger charge is -2.37. The van der Waals surface area contributed by atoms with Gasteiger partial charge in [0.25, 0.3) is 0 Å². The highest BCUT2D eigenvalue weighted by atomic mass is 35.5. The van der Waals surface area contributed by atoms with Gasteiger partial charge in [-0.3, -0.25) is 4.79 Å². The number of nitrogens with zero attached hydrogens (tertiary/aromatic N) is 3. The topological polar surface area (TPSA) is 110 Å². The van der Waals surface area contributed by atoms with Gasteiger partial charge in [-0.2, -0.15) is 0 Å². The molecule has 27 heavy (non-hydrogen) atoms. The maximum atomic E-state index is 13.7. The standard InChI is InChI=1S/C16H17ClF2N4O4/c1-20-16(26)12-4-11(15(25)13(6-24)27-12)23-5-10(21-22-23)7-2-8(18)14(17)9(19)3-7/h2-3,5,11-13,15,24-25H,4,6H2,1H3,(H,20,26)/t11-,12-,13-,15-/m1/s1. The molecule has 1 aromatic heterocycles. The second kappa shape index (κ2) is 7.85. The summed E-state index contributed by atoms with van der Waals surface area (Å²) >= 11 is 5.47.